The summed E-state index contributed by atoms with van der Waals surface area (Å²) in [6.45, 7) is 6.35. The van der Waals surface area contributed by atoms with E-state index in [1.54, 1.807) is 24.3 Å². The smallest absolute Gasteiger partial charge is 0.326 e. The molecule has 0 heterocycles. The molecule has 8 heteroatoms. The molecule has 2 saturated carbocycles. The molecule has 2 aliphatic carbocycles. The second-order valence-electron chi connectivity index (χ2n) is 10.7. The Balaban J connectivity index is 1.30. The molecule has 0 saturated heterocycles. The summed E-state index contributed by atoms with van der Waals surface area (Å²) in [5.41, 5.74) is 1.95. The summed E-state index contributed by atoms with van der Waals surface area (Å²) in [5.74, 6) is -0.563. The second-order valence-corrected chi connectivity index (χ2v) is 11.6. The minimum absolute atomic E-state index is 0.0469. The molecule has 38 heavy (non-hydrogen) atoms. The molecule has 194 valence electrons. The Hall–Kier alpha value is -3.65. The van der Waals surface area contributed by atoms with Gasteiger partial charge in [0, 0.05) is 22.0 Å². The van der Waals surface area contributed by atoms with Crippen molar-refractivity contribution in [3.63, 3.8) is 0 Å². The van der Waals surface area contributed by atoms with Crippen molar-refractivity contribution >= 4 is 50.6 Å². The van der Waals surface area contributed by atoms with Crippen LogP contribution in [0.4, 0.5) is 17.1 Å². The topological polar surface area (TPSA) is 92.5 Å². The highest BCUT2D eigenvalue weighted by molar-refractivity contribution is 9.10. The molecule has 2 aliphatic rings. The fourth-order valence-electron chi connectivity index (χ4n) is 5.73. The van der Waals surface area contributed by atoms with Gasteiger partial charge in [0.25, 0.3) is 0 Å². The normalized spacial score (nSPS) is 24.6. The number of oxime groups is 1. The van der Waals surface area contributed by atoms with Gasteiger partial charge < -0.3 is 10.2 Å². The number of benzene rings is 3. The van der Waals surface area contributed by atoms with Crippen molar-refractivity contribution in [1.82, 2.24) is 0 Å². The summed E-state index contributed by atoms with van der Waals surface area (Å²) >= 11 is 3.36. The molecule has 3 aromatic rings. The van der Waals surface area contributed by atoms with Crippen molar-refractivity contribution in [2.24, 2.45) is 31.6 Å². The molecule has 2 bridgehead atoms. The van der Waals surface area contributed by atoms with Crippen LogP contribution >= 0.6 is 15.9 Å². The highest BCUT2D eigenvalue weighted by Crippen LogP contribution is 2.71. The molecule has 0 spiro atoms. The molecule has 2 fully saturated rings. The zero-order valence-corrected chi connectivity index (χ0v) is 23.2. The predicted octanol–water partition coefficient (Wildman–Crippen LogP) is 8.23. The van der Waals surface area contributed by atoms with Crippen molar-refractivity contribution in [2.75, 3.05) is 5.32 Å². The van der Waals surface area contributed by atoms with Gasteiger partial charge in [-0.25, -0.2) is 4.79 Å². The van der Waals surface area contributed by atoms with Gasteiger partial charge in [-0.15, -0.1) is 0 Å². The number of azo groups is 1. The number of rotatable bonds is 6. The lowest BCUT2D eigenvalue weighted by Crippen LogP contribution is -2.43. The zero-order valence-electron chi connectivity index (χ0n) is 21.6. The quantitative estimate of drug-likeness (QED) is 0.183. The number of carbonyl (C=O) groups is 2. The van der Waals surface area contributed by atoms with E-state index >= 15 is 0 Å². The third-order valence-electron chi connectivity index (χ3n) is 8.65. The van der Waals surface area contributed by atoms with E-state index in [1.807, 2.05) is 54.6 Å². The fourth-order valence-corrected chi connectivity index (χ4v) is 5.99. The largest absolute Gasteiger partial charge is 0.365 e. The third-order valence-corrected chi connectivity index (χ3v) is 9.18. The molecule has 0 aromatic heterocycles. The number of hydrogen-bond acceptors (Lipinski definition) is 6. The maximum atomic E-state index is 13.8. The Labute approximate surface area is 230 Å². The molecule has 0 aliphatic heterocycles. The number of carbonyl (C=O) groups excluding carboxylic acids is 2. The number of hydrogen-bond donors (Lipinski definition) is 1. The van der Waals surface area contributed by atoms with Crippen LogP contribution in [-0.2, 0) is 9.63 Å². The van der Waals surface area contributed by atoms with Gasteiger partial charge in [-0.05, 0) is 78.9 Å². The lowest BCUT2D eigenvalue weighted by atomic mass is 9.64. The van der Waals surface area contributed by atoms with Crippen LogP contribution in [0, 0.1) is 16.2 Å². The van der Waals surface area contributed by atoms with Gasteiger partial charge in [-0.3, -0.25) is 4.79 Å². The van der Waals surface area contributed by atoms with Gasteiger partial charge >= 0.3 is 5.97 Å². The molecular weight excluding hydrogens is 544 g/mol. The molecule has 1 N–H and O–H groups in total. The molecule has 1 amide bonds. The number of halogens is 1. The number of nitrogens with zero attached hydrogens (tertiary/aromatic N) is 3. The first-order valence-electron chi connectivity index (χ1n) is 12.6. The van der Waals surface area contributed by atoms with E-state index in [1.165, 1.54) is 0 Å². The maximum absolute atomic E-state index is 13.8. The third kappa shape index (κ3) is 4.47. The lowest BCUT2D eigenvalue weighted by Gasteiger charge is -2.39. The first-order valence-corrected chi connectivity index (χ1v) is 13.4. The molecule has 0 radical (unpaired) electrons. The van der Waals surface area contributed by atoms with Crippen LogP contribution in [0.25, 0.3) is 0 Å². The minimum atomic E-state index is -0.656. The van der Waals surface area contributed by atoms with Crippen molar-refractivity contribution in [2.45, 2.75) is 40.0 Å². The molecule has 2 unspecified atom stereocenters. The Kier molecular flexibility index (Phi) is 6.77. The predicted molar refractivity (Wildman–Crippen MR) is 151 cm³/mol. The van der Waals surface area contributed by atoms with E-state index < -0.39 is 11.4 Å². The van der Waals surface area contributed by atoms with Crippen molar-refractivity contribution < 1.29 is 14.4 Å². The monoisotopic (exact) mass is 572 g/mol. The highest BCUT2D eigenvalue weighted by Gasteiger charge is 2.71. The zero-order chi connectivity index (χ0) is 27.0. The molecule has 3 aromatic carbocycles. The van der Waals surface area contributed by atoms with Gasteiger partial charge in [0.2, 0.25) is 5.91 Å². The van der Waals surface area contributed by atoms with Gasteiger partial charge in [-0.2, -0.15) is 10.2 Å². The Morgan fingerprint density at radius 3 is 2.13 bits per heavy atom. The lowest BCUT2D eigenvalue weighted by molar-refractivity contribution is -0.130. The van der Waals surface area contributed by atoms with Gasteiger partial charge in [0.15, 0.2) is 0 Å². The molecule has 2 atom stereocenters. The van der Waals surface area contributed by atoms with Gasteiger partial charge in [-0.1, -0.05) is 60.1 Å². The van der Waals surface area contributed by atoms with E-state index in [2.05, 4.69) is 57.4 Å². The van der Waals surface area contributed by atoms with E-state index in [0.717, 1.165) is 28.7 Å². The first-order chi connectivity index (χ1) is 18.1. The second kappa shape index (κ2) is 9.91. The summed E-state index contributed by atoms with van der Waals surface area (Å²) in [4.78, 5) is 31.7. The van der Waals surface area contributed by atoms with Crippen LogP contribution in [0.1, 0.15) is 50.4 Å². The van der Waals surface area contributed by atoms with Crippen LogP contribution in [-0.4, -0.2) is 17.6 Å². The van der Waals surface area contributed by atoms with Crippen LogP contribution in [0.3, 0.4) is 0 Å². The molecular formula is C30H29BrN4O3. The number of anilines is 1. The van der Waals surface area contributed by atoms with Gasteiger partial charge in [0.1, 0.15) is 0 Å². The maximum Gasteiger partial charge on any atom is 0.365 e. The van der Waals surface area contributed by atoms with Crippen molar-refractivity contribution in [3.05, 3.63) is 88.9 Å². The Morgan fingerprint density at radius 2 is 1.47 bits per heavy atom. The standard InChI is InChI=1S/C30H29BrN4O3/c1-28(2)29(3)17-18-30(28,19-25(29)35-38-26(36)20-9-11-21(31)12-10-20)27(37)32-22-13-15-24(16-14-22)34-33-23-7-5-4-6-8-23/h4-16H,17-19H2,1-3H3,(H,32,37)/b34-33?,35-25+. The Bertz CT molecular complexity index is 1420. The fraction of sp³-hybridized carbons (Fsp3) is 0.300. The van der Waals surface area contributed by atoms with Crippen LogP contribution in [0.15, 0.2) is 98.7 Å². The summed E-state index contributed by atoms with van der Waals surface area (Å²) in [5, 5.41) is 15.9. The van der Waals surface area contributed by atoms with E-state index in [4.69, 9.17) is 4.84 Å². The average Bonchev–Trinajstić information content (AvgIpc) is 3.23. The summed E-state index contributed by atoms with van der Waals surface area (Å²) in [6.07, 6.45) is 1.98. The number of nitrogens with one attached hydrogen (secondary N) is 1. The number of amides is 1. The van der Waals surface area contributed by atoms with Crippen LogP contribution in [0.5, 0.6) is 0 Å². The number of fused-ring (bicyclic) bond motifs is 2. The summed E-state index contributed by atoms with van der Waals surface area (Å²) < 4.78 is 0.877. The van der Waals surface area contributed by atoms with Crippen molar-refractivity contribution in [3.8, 4) is 0 Å². The van der Waals surface area contributed by atoms with Crippen LogP contribution < -0.4 is 5.32 Å². The van der Waals surface area contributed by atoms with E-state index in [0.29, 0.717) is 23.4 Å². The summed E-state index contributed by atoms with van der Waals surface area (Å²) in [7, 11) is 0. The van der Waals surface area contributed by atoms with Gasteiger partial charge in [0.05, 0.1) is 28.1 Å². The average molecular weight is 573 g/mol. The van der Waals surface area contributed by atoms with E-state index in [9.17, 15) is 9.59 Å². The SMILES string of the molecule is CC12CCC(C(=O)Nc3ccc(N=Nc4ccccc4)cc3)(C/C1=N\OC(=O)c1ccc(Br)cc1)C2(C)C. The first kappa shape index (κ1) is 26.0. The van der Waals surface area contributed by atoms with Crippen LogP contribution in [0.2, 0.25) is 0 Å². The van der Waals surface area contributed by atoms with Crippen molar-refractivity contribution in [1.29, 1.82) is 0 Å². The minimum Gasteiger partial charge on any atom is -0.326 e. The van der Waals surface area contributed by atoms with E-state index in [-0.39, 0.29) is 16.7 Å². The summed E-state index contributed by atoms with van der Waals surface area (Å²) in [6, 6.07) is 23.8. The Morgan fingerprint density at radius 1 is 0.842 bits per heavy atom. The highest BCUT2D eigenvalue weighted by atomic mass is 79.9. The molecule has 7 nitrogen and oxygen atoms in total. The molecule has 5 rings (SSSR count).